The van der Waals surface area contributed by atoms with E-state index >= 15 is 0 Å². The van der Waals surface area contributed by atoms with Gasteiger partial charge in [0, 0.05) is 19.8 Å². The Balaban J connectivity index is 3.16. The molecule has 0 aromatic carbocycles. The van der Waals surface area contributed by atoms with Crippen LogP contribution in [0.5, 0.6) is 0 Å². The monoisotopic (exact) mass is 184 g/mol. The largest absolute Gasteiger partial charge is 0.300 e. The first kappa shape index (κ1) is 12.5. The van der Waals surface area contributed by atoms with Crippen molar-refractivity contribution in [2.45, 2.75) is 52.4 Å². The van der Waals surface area contributed by atoms with E-state index < -0.39 is 0 Å². The highest BCUT2D eigenvalue weighted by molar-refractivity contribution is 5.55. The third kappa shape index (κ3) is 9.38. The van der Waals surface area contributed by atoms with Gasteiger partial charge in [0.25, 0.3) is 0 Å². The van der Waals surface area contributed by atoms with Crippen LogP contribution in [-0.2, 0) is 0 Å². The lowest BCUT2D eigenvalue weighted by atomic mass is 10.1. The van der Waals surface area contributed by atoms with Gasteiger partial charge in [-0.25, -0.2) is 0 Å². The Kier molecular flexibility index (Phi) is 9.17. The molecule has 0 aliphatic rings. The lowest BCUT2D eigenvalue weighted by Gasteiger charge is -2.11. The second-order valence-electron chi connectivity index (χ2n) is 3.50. The second kappa shape index (κ2) is 9.56. The molecular weight excluding hydrogens is 160 g/mol. The van der Waals surface area contributed by atoms with Crippen molar-refractivity contribution in [3.8, 4) is 0 Å². The molecule has 0 bridgehead atoms. The molecule has 0 N–H and O–H groups in total. The predicted octanol–water partition coefficient (Wildman–Crippen LogP) is 3.28. The molecule has 0 amide bonds. The van der Waals surface area contributed by atoms with Crippen molar-refractivity contribution in [1.82, 2.24) is 5.01 Å². The van der Waals surface area contributed by atoms with E-state index in [2.05, 4.69) is 18.9 Å². The summed E-state index contributed by atoms with van der Waals surface area (Å²) < 4.78 is 0. The van der Waals surface area contributed by atoms with Gasteiger partial charge >= 0.3 is 0 Å². The minimum absolute atomic E-state index is 1.03. The number of rotatable bonds is 8. The van der Waals surface area contributed by atoms with Crippen LogP contribution in [0.1, 0.15) is 52.4 Å². The van der Waals surface area contributed by atoms with E-state index in [1.165, 1.54) is 32.1 Å². The molecule has 2 heteroatoms. The first-order chi connectivity index (χ1) is 6.31. The summed E-state index contributed by atoms with van der Waals surface area (Å²) in [5, 5.41) is 6.31. The zero-order valence-corrected chi connectivity index (χ0v) is 9.42. The molecule has 0 saturated carbocycles. The summed E-state index contributed by atoms with van der Waals surface area (Å²) in [5.74, 6) is 0. The SMILES string of the molecule is CC/C=N/N(C)CCCCCCC. The van der Waals surface area contributed by atoms with Gasteiger partial charge in [0.15, 0.2) is 0 Å². The summed E-state index contributed by atoms with van der Waals surface area (Å²) in [7, 11) is 2.05. The third-order valence-electron chi connectivity index (χ3n) is 2.05. The topological polar surface area (TPSA) is 15.6 Å². The Morgan fingerprint density at radius 1 is 1.08 bits per heavy atom. The lowest BCUT2D eigenvalue weighted by molar-refractivity contribution is 0.342. The average molecular weight is 184 g/mol. The van der Waals surface area contributed by atoms with Gasteiger partial charge in [-0.15, -0.1) is 0 Å². The fourth-order valence-electron chi connectivity index (χ4n) is 1.22. The van der Waals surface area contributed by atoms with Crippen LogP contribution in [0.25, 0.3) is 0 Å². The summed E-state index contributed by atoms with van der Waals surface area (Å²) in [6.45, 7) is 5.45. The van der Waals surface area contributed by atoms with Gasteiger partial charge in [-0.1, -0.05) is 39.5 Å². The van der Waals surface area contributed by atoms with Crippen LogP contribution < -0.4 is 0 Å². The fraction of sp³-hybridized carbons (Fsp3) is 0.909. The van der Waals surface area contributed by atoms with Gasteiger partial charge < -0.3 is 5.01 Å². The van der Waals surface area contributed by atoms with Gasteiger partial charge in [-0.3, -0.25) is 0 Å². The number of hydrazone groups is 1. The van der Waals surface area contributed by atoms with Crippen molar-refractivity contribution in [2.24, 2.45) is 5.10 Å². The molecule has 13 heavy (non-hydrogen) atoms. The van der Waals surface area contributed by atoms with E-state index in [4.69, 9.17) is 0 Å². The molecule has 2 nitrogen and oxygen atoms in total. The molecule has 78 valence electrons. The van der Waals surface area contributed by atoms with Crippen molar-refractivity contribution < 1.29 is 0 Å². The minimum Gasteiger partial charge on any atom is -0.300 e. The normalized spacial score (nSPS) is 11.0. The zero-order chi connectivity index (χ0) is 9.94. The van der Waals surface area contributed by atoms with Crippen molar-refractivity contribution >= 4 is 6.21 Å². The quantitative estimate of drug-likeness (QED) is 0.321. The molecule has 0 aliphatic heterocycles. The summed E-state index contributed by atoms with van der Waals surface area (Å²) in [4.78, 5) is 0. The Morgan fingerprint density at radius 3 is 2.38 bits per heavy atom. The van der Waals surface area contributed by atoms with Crippen molar-refractivity contribution in [1.29, 1.82) is 0 Å². The van der Waals surface area contributed by atoms with E-state index in [0.29, 0.717) is 0 Å². The van der Waals surface area contributed by atoms with E-state index in [1.807, 2.05) is 18.3 Å². The molecule has 0 atom stereocenters. The summed E-state index contributed by atoms with van der Waals surface area (Å²) in [6.07, 6.45) is 9.69. The maximum atomic E-state index is 4.27. The van der Waals surface area contributed by atoms with Crippen LogP contribution >= 0.6 is 0 Å². The highest BCUT2D eigenvalue weighted by Gasteiger charge is 1.92. The number of unbranched alkanes of at least 4 members (excludes halogenated alkanes) is 4. The molecule has 0 heterocycles. The minimum atomic E-state index is 1.03. The summed E-state index contributed by atoms with van der Waals surface area (Å²) >= 11 is 0. The van der Waals surface area contributed by atoms with E-state index in [0.717, 1.165) is 13.0 Å². The Hall–Kier alpha value is -0.530. The molecule has 0 saturated heterocycles. The number of hydrogen-bond donors (Lipinski definition) is 0. The maximum Gasteiger partial charge on any atom is 0.0356 e. The van der Waals surface area contributed by atoms with E-state index in [1.54, 1.807) is 0 Å². The van der Waals surface area contributed by atoms with Gasteiger partial charge in [0.2, 0.25) is 0 Å². The molecule has 0 spiro atoms. The lowest BCUT2D eigenvalue weighted by Crippen LogP contribution is -2.12. The van der Waals surface area contributed by atoms with Crippen LogP contribution in [0.2, 0.25) is 0 Å². The van der Waals surface area contributed by atoms with Crippen LogP contribution in [0.3, 0.4) is 0 Å². The molecule has 0 fully saturated rings. The number of hydrogen-bond acceptors (Lipinski definition) is 2. The van der Waals surface area contributed by atoms with Gasteiger partial charge in [0.1, 0.15) is 0 Å². The first-order valence-electron chi connectivity index (χ1n) is 5.54. The Labute approximate surface area is 83.0 Å². The maximum absolute atomic E-state index is 4.27. The Morgan fingerprint density at radius 2 is 1.77 bits per heavy atom. The predicted molar refractivity (Wildman–Crippen MR) is 60.2 cm³/mol. The molecule has 0 aromatic rings. The smallest absolute Gasteiger partial charge is 0.0356 e. The first-order valence-corrected chi connectivity index (χ1v) is 5.54. The van der Waals surface area contributed by atoms with E-state index in [9.17, 15) is 0 Å². The zero-order valence-electron chi connectivity index (χ0n) is 9.42. The van der Waals surface area contributed by atoms with Gasteiger partial charge in [0.05, 0.1) is 0 Å². The van der Waals surface area contributed by atoms with Crippen LogP contribution in [0.15, 0.2) is 5.10 Å². The highest BCUT2D eigenvalue weighted by Crippen LogP contribution is 2.02. The van der Waals surface area contributed by atoms with E-state index in [-0.39, 0.29) is 0 Å². The Bertz CT molecular complexity index is 121. The average Bonchev–Trinajstić information content (AvgIpc) is 2.14. The summed E-state index contributed by atoms with van der Waals surface area (Å²) in [5.41, 5.74) is 0. The van der Waals surface area contributed by atoms with Crippen LogP contribution in [0.4, 0.5) is 0 Å². The number of nitrogens with zero attached hydrogens (tertiary/aromatic N) is 2. The van der Waals surface area contributed by atoms with Gasteiger partial charge in [-0.2, -0.15) is 5.10 Å². The second-order valence-corrected chi connectivity index (χ2v) is 3.50. The van der Waals surface area contributed by atoms with Crippen molar-refractivity contribution in [3.05, 3.63) is 0 Å². The van der Waals surface area contributed by atoms with Gasteiger partial charge in [-0.05, 0) is 12.8 Å². The molecule has 0 rings (SSSR count). The van der Waals surface area contributed by atoms with Crippen molar-refractivity contribution in [2.75, 3.05) is 13.6 Å². The summed E-state index contributed by atoms with van der Waals surface area (Å²) in [6, 6.07) is 0. The molecule has 0 aliphatic carbocycles. The fourth-order valence-corrected chi connectivity index (χ4v) is 1.22. The van der Waals surface area contributed by atoms with Crippen LogP contribution in [0, 0.1) is 0 Å². The molecule has 0 unspecified atom stereocenters. The molecular formula is C11H24N2. The third-order valence-corrected chi connectivity index (χ3v) is 2.05. The van der Waals surface area contributed by atoms with Crippen molar-refractivity contribution in [3.63, 3.8) is 0 Å². The molecule has 0 aromatic heterocycles. The van der Waals surface area contributed by atoms with Crippen LogP contribution in [-0.4, -0.2) is 24.8 Å². The highest BCUT2D eigenvalue weighted by atomic mass is 15.4. The standard InChI is InChI=1S/C11H24N2/c1-4-6-7-8-9-11-13(3)12-10-5-2/h10H,4-9,11H2,1-3H3/b12-10+. The molecule has 0 radical (unpaired) electrons.